The highest BCUT2D eigenvalue weighted by molar-refractivity contribution is 7.17. The van der Waals surface area contributed by atoms with Gasteiger partial charge in [0.2, 0.25) is 0 Å². The molecule has 0 bridgehead atoms. The van der Waals surface area contributed by atoms with Crippen LogP contribution in [0.4, 0.5) is 10.1 Å². The zero-order chi connectivity index (χ0) is 8.72. The van der Waals surface area contributed by atoms with E-state index >= 15 is 0 Å². The lowest BCUT2D eigenvalue weighted by molar-refractivity contribution is 0.640. The number of hydrogen-bond acceptors (Lipinski definition) is 2. The van der Waals surface area contributed by atoms with Gasteiger partial charge in [0, 0.05) is 15.1 Å². The van der Waals surface area contributed by atoms with E-state index in [1.165, 1.54) is 17.4 Å². The summed E-state index contributed by atoms with van der Waals surface area (Å²) in [5.41, 5.74) is 6.03. The second-order valence-electron chi connectivity index (χ2n) is 2.45. The molecule has 0 aliphatic rings. The second kappa shape index (κ2) is 2.61. The van der Waals surface area contributed by atoms with Crippen LogP contribution in [0, 0.1) is 5.82 Å². The summed E-state index contributed by atoms with van der Waals surface area (Å²) in [4.78, 5) is 0. The fraction of sp³-hybridized carbons (Fsp3) is 0. The fourth-order valence-electron chi connectivity index (χ4n) is 1.11. The quantitative estimate of drug-likeness (QED) is 0.696. The topological polar surface area (TPSA) is 26.0 Å². The Morgan fingerprint density at radius 3 is 2.92 bits per heavy atom. The molecule has 0 aliphatic carbocycles. The van der Waals surface area contributed by atoms with Crippen molar-refractivity contribution >= 4 is 38.7 Å². The van der Waals surface area contributed by atoms with Crippen LogP contribution < -0.4 is 5.73 Å². The number of rotatable bonds is 0. The Balaban J connectivity index is 2.93. The summed E-state index contributed by atoms with van der Waals surface area (Å²) >= 11 is 7.05. The molecule has 0 saturated carbocycles. The molecule has 1 aromatic heterocycles. The fourth-order valence-corrected chi connectivity index (χ4v) is 2.28. The summed E-state index contributed by atoms with van der Waals surface area (Å²) in [7, 11) is 0. The van der Waals surface area contributed by atoms with Crippen LogP contribution in [0.25, 0.3) is 10.1 Å². The smallest absolute Gasteiger partial charge is 0.135 e. The van der Waals surface area contributed by atoms with E-state index in [1.54, 1.807) is 11.4 Å². The van der Waals surface area contributed by atoms with E-state index in [0.29, 0.717) is 16.1 Å². The molecule has 2 aromatic rings. The van der Waals surface area contributed by atoms with Gasteiger partial charge in [-0.05, 0) is 12.1 Å². The van der Waals surface area contributed by atoms with Crippen LogP contribution in [0.2, 0.25) is 5.02 Å². The average molecular weight is 202 g/mol. The molecule has 2 N–H and O–H groups in total. The third kappa shape index (κ3) is 1.06. The Morgan fingerprint density at radius 1 is 1.42 bits per heavy atom. The van der Waals surface area contributed by atoms with Crippen molar-refractivity contribution < 1.29 is 4.39 Å². The third-order valence-corrected chi connectivity index (χ3v) is 2.79. The molecule has 1 heterocycles. The Hall–Kier alpha value is -0.800. The molecular formula is C8H5ClFNS. The van der Waals surface area contributed by atoms with Crippen LogP contribution in [0.5, 0.6) is 0 Å². The van der Waals surface area contributed by atoms with E-state index in [2.05, 4.69) is 0 Å². The van der Waals surface area contributed by atoms with Gasteiger partial charge in [0.1, 0.15) is 5.82 Å². The maximum atomic E-state index is 13.2. The van der Waals surface area contributed by atoms with Gasteiger partial charge in [-0.15, -0.1) is 11.3 Å². The molecule has 1 aromatic carbocycles. The first-order valence-corrected chi connectivity index (χ1v) is 4.56. The number of halogens is 2. The molecule has 62 valence electrons. The number of benzene rings is 1. The van der Waals surface area contributed by atoms with Crippen molar-refractivity contribution in [2.75, 3.05) is 5.73 Å². The van der Waals surface area contributed by atoms with E-state index < -0.39 is 0 Å². The van der Waals surface area contributed by atoms with Crippen LogP contribution in [-0.4, -0.2) is 0 Å². The van der Waals surface area contributed by atoms with Crippen molar-refractivity contribution in [1.29, 1.82) is 0 Å². The highest BCUT2D eigenvalue weighted by Gasteiger charge is 2.07. The summed E-state index contributed by atoms with van der Waals surface area (Å²) in [6.45, 7) is 0. The van der Waals surface area contributed by atoms with Crippen molar-refractivity contribution in [3.8, 4) is 0 Å². The molecule has 0 aliphatic heterocycles. The number of nitrogen functional groups attached to an aromatic ring is 1. The van der Waals surface area contributed by atoms with E-state index in [1.807, 2.05) is 0 Å². The minimum Gasteiger partial charge on any atom is -0.397 e. The van der Waals surface area contributed by atoms with Gasteiger partial charge in [-0.3, -0.25) is 0 Å². The summed E-state index contributed by atoms with van der Waals surface area (Å²) in [5, 5.41) is 2.59. The van der Waals surface area contributed by atoms with Gasteiger partial charge < -0.3 is 5.73 Å². The first-order valence-electron chi connectivity index (χ1n) is 3.30. The lowest BCUT2D eigenvalue weighted by Crippen LogP contribution is -1.83. The zero-order valence-corrected chi connectivity index (χ0v) is 7.55. The maximum Gasteiger partial charge on any atom is 0.135 e. The van der Waals surface area contributed by atoms with Crippen LogP contribution in [0.15, 0.2) is 17.5 Å². The van der Waals surface area contributed by atoms with Crippen LogP contribution in [0.1, 0.15) is 0 Å². The highest BCUT2D eigenvalue weighted by Crippen LogP contribution is 2.32. The van der Waals surface area contributed by atoms with Gasteiger partial charge in [-0.25, -0.2) is 4.39 Å². The standard InChI is InChI=1S/C8H5ClFNS/c9-4-1-5(10)8-6(11)3-12-7(8)2-4/h1-3H,11H2. The van der Waals surface area contributed by atoms with E-state index in [4.69, 9.17) is 17.3 Å². The van der Waals surface area contributed by atoms with Gasteiger partial charge in [0.25, 0.3) is 0 Å². The predicted octanol–water partition coefficient (Wildman–Crippen LogP) is 3.28. The van der Waals surface area contributed by atoms with Gasteiger partial charge in [-0.1, -0.05) is 11.6 Å². The predicted molar refractivity (Wildman–Crippen MR) is 51.2 cm³/mol. The monoisotopic (exact) mass is 201 g/mol. The highest BCUT2D eigenvalue weighted by atomic mass is 35.5. The van der Waals surface area contributed by atoms with Crippen molar-refractivity contribution in [2.24, 2.45) is 0 Å². The third-order valence-electron chi connectivity index (χ3n) is 1.62. The van der Waals surface area contributed by atoms with Crippen molar-refractivity contribution in [2.45, 2.75) is 0 Å². The number of anilines is 1. The van der Waals surface area contributed by atoms with Crippen LogP contribution in [-0.2, 0) is 0 Å². The largest absolute Gasteiger partial charge is 0.397 e. The molecule has 2 rings (SSSR count). The minimum absolute atomic E-state index is 0.351. The number of thiophene rings is 1. The normalized spacial score (nSPS) is 10.8. The Kier molecular flexibility index (Phi) is 1.70. The van der Waals surface area contributed by atoms with Gasteiger partial charge in [0.05, 0.1) is 11.1 Å². The molecule has 0 saturated heterocycles. The summed E-state index contributed by atoms with van der Waals surface area (Å²) in [6.07, 6.45) is 0. The number of nitrogens with two attached hydrogens (primary N) is 1. The minimum atomic E-state index is -0.351. The van der Waals surface area contributed by atoms with E-state index in [-0.39, 0.29) is 5.82 Å². The zero-order valence-electron chi connectivity index (χ0n) is 5.97. The number of fused-ring (bicyclic) bond motifs is 1. The number of hydrogen-bond donors (Lipinski definition) is 1. The summed E-state index contributed by atoms with van der Waals surface area (Å²) in [5.74, 6) is -0.351. The molecule has 0 radical (unpaired) electrons. The lowest BCUT2D eigenvalue weighted by atomic mass is 10.2. The van der Waals surface area contributed by atoms with Gasteiger partial charge in [0.15, 0.2) is 0 Å². The molecule has 0 atom stereocenters. The molecule has 0 amide bonds. The first kappa shape index (κ1) is 7.83. The maximum absolute atomic E-state index is 13.2. The van der Waals surface area contributed by atoms with E-state index in [9.17, 15) is 4.39 Å². The Morgan fingerprint density at radius 2 is 2.17 bits per heavy atom. The molecule has 0 unspecified atom stereocenters. The van der Waals surface area contributed by atoms with Gasteiger partial charge >= 0.3 is 0 Å². The Bertz CT molecular complexity index is 438. The molecule has 12 heavy (non-hydrogen) atoms. The molecule has 1 nitrogen and oxygen atoms in total. The summed E-state index contributed by atoms with van der Waals surface area (Å²) in [6, 6.07) is 2.98. The summed E-state index contributed by atoms with van der Waals surface area (Å²) < 4.78 is 14.0. The van der Waals surface area contributed by atoms with Gasteiger partial charge in [-0.2, -0.15) is 0 Å². The van der Waals surface area contributed by atoms with Crippen LogP contribution in [0.3, 0.4) is 0 Å². The molecule has 0 fully saturated rings. The Labute approximate surface area is 77.6 Å². The second-order valence-corrected chi connectivity index (χ2v) is 3.80. The molecule has 0 spiro atoms. The first-order chi connectivity index (χ1) is 5.68. The van der Waals surface area contributed by atoms with E-state index in [0.717, 1.165) is 4.70 Å². The van der Waals surface area contributed by atoms with Crippen molar-refractivity contribution in [3.05, 3.63) is 28.4 Å². The SMILES string of the molecule is Nc1csc2cc(Cl)cc(F)c12. The van der Waals surface area contributed by atoms with Crippen molar-refractivity contribution in [3.63, 3.8) is 0 Å². The average Bonchev–Trinajstić information content (AvgIpc) is 2.31. The lowest BCUT2D eigenvalue weighted by Gasteiger charge is -1.95. The van der Waals surface area contributed by atoms with Crippen LogP contribution >= 0.6 is 22.9 Å². The van der Waals surface area contributed by atoms with Crippen molar-refractivity contribution in [1.82, 2.24) is 0 Å². The molecule has 4 heteroatoms. The molecular weight excluding hydrogens is 197 g/mol.